The Balaban J connectivity index is 1.75. The summed E-state index contributed by atoms with van der Waals surface area (Å²) in [5.41, 5.74) is 0.134. The molecule has 0 aromatic heterocycles. The topological polar surface area (TPSA) is 26.7 Å². The molecule has 1 N–H and O–H groups in total. The fourth-order valence-electron chi connectivity index (χ4n) is 3.54. The predicted molar refractivity (Wildman–Crippen MR) is 75.7 cm³/mol. The monoisotopic (exact) mass is 254 g/mol. The van der Waals surface area contributed by atoms with Crippen LogP contribution < -0.4 is 0 Å². The van der Waals surface area contributed by atoms with Crippen molar-refractivity contribution >= 4 is 0 Å². The van der Waals surface area contributed by atoms with Gasteiger partial charge in [0.1, 0.15) is 0 Å². The molecule has 1 saturated carbocycles. The molecule has 0 aromatic carbocycles. The summed E-state index contributed by atoms with van der Waals surface area (Å²) < 4.78 is 0. The number of nitrogens with zero attached hydrogens (tertiary/aromatic N) is 2. The van der Waals surface area contributed by atoms with Crippen molar-refractivity contribution < 1.29 is 5.11 Å². The third-order valence-electron chi connectivity index (χ3n) is 4.90. The molecule has 3 heteroatoms. The van der Waals surface area contributed by atoms with Gasteiger partial charge < -0.3 is 14.9 Å². The van der Waals surface area contributed by atoms with E-state index >= 15 is 0 Å². The maximum absolute atomic E-state index is 10.3. The fourth-order valence-corrected chi connectivity index (χ4v) is 3.54. The molecule has 106 valence electrons. The zero-order valence-corrected chi connectivity index (χ0v) is 12.4. The van der Waals surface area contributed by atoms with Crippen LogP contribution in [-0.2, 0) is 0 Å². The standard InChI is InChI=1S/C15H30N2O/c1-4-7-16-8-10-17(11-9-16)12-13-5-6-15(2,3)14(13)18/h13-14,18H,4-12H2,1-3H3. The minimum Gasteiger partial charge on any atom is -0.392 e. The zero-order chi connectivity index (χ0) is 13.2. The summed E-state index contributed by atoms with van der Waals surface area (Å²) in [5, 5.41) is 10.3. The van der Waals surface area contributed by atoms with Crippen LogP contribution >= 0.6 is 0 Å². The maximum Gasteiger partial charge on any atom is 0.0631 e. The molecule has 0 radical (unpaired) electrons. The van der Waals surface area contributed by atoms with E-state index in [1.54, 1.807) is 0 Å². The van der Waals surface area contributed by atoms with Crippen LogP contribution in [0.3, 0.4) is 0 Å². The van der Waals surface area contributed by atoms with Gasteiger partial charge in [0.05, 0.1) is 6.10 Å². The molecule has 0 spiro atoms. The Kier molecular flexibility index (Phi) is 4.68. The number of hydrogen-bond acceptors (Lipinski definition) is 3. The van der Waals surface area contributed by atoms with E-state index in [4.69, 9.17) is 0 Å². The summed E-state index contributed by atoms with van der Waals surface area (Å²) in [4.78, 5) is 5.12. The molecule has 1 aliphatic heterocycles. The molecule has 1 saturated heterocycles. The van der Waals surface area contributed by atoms with Gasteiger partial charge in [-0.3, -0.25) is 0 Å². The van der Waals surface area contributed by atoms with Crippen molar-refractivity contribution in [2.45, 2.75) is 46.1 Å². The second-order valence-corrected chi connectivity index (χ2v) is 6.87. The number of rotatable bonds is 4. The molecule has 0 aromatic rings. The Morgan fingerprint density at radius 2 is 1.72 bits per heavy atom. The predicted octanol–water partition coefficient (Wildman–Crippen LogP) is 1.81. The van der Waals surface area contributed by atoms with Crippen LogP contribution in [-0.4, -0.2) is 60.3 Å². The van der Waals surface area contributed by atoms with Crippen molar-refractivity contribution in [1.29, 1.82) is 0 Å². The van der Waals surface area contributed by atoms with E-state index in [0.717, 1.165) is 6.54 Å². The smallest absolute Gasteiger partial charge is 0.0631 e. The Morgan fingerprint density at radius 1 is 1.11 bits per heavy atom. The number of piperazine rings is 1. The van der Waals surface area contributed by atoms with Gasteiger partial charge in [0.2, 0.25) is 0 Å². The third kappa shape index (κ3) is 3.25. The summed E-state index contributed by atoms with van der Waals surface area (Å²) in [6.45, 7) is 13.8. The first-order valence-electron chi connectivity index (χ1n) is 7.65. The van der Waals surface area contributed by atoms with Crippen LogP contribution in [0, 0.1) is 11.3 Å². The summed E-state index contributed by atoms with van der Waals surface area (Å²) in [5.74, 6) is 0.498. The highest BCUT2D eigenvalue weighted by Crippen LogP contribution is 2.41. The highest BCUT2D eigenvalue weighted by Gasteiger charge is 2.41. The Hall–Kier alpha value is -0.120. The van der Waals surface area contributed by atoms with Crippen molar-refractivity contribution in [2.24, 2.45) is 11.3 Å². The Labute approximate surface area is 112 Å². The number of hydrogen-bond donors (Lipinski definition) is 1. The summed E-state index contributed by atoms with van der Waals surface area (Å²) in [6.07, 6.45) is 3.53. The molecule has 2 unspecified atom stereocenters. The van der Waals surface area contributed by atoms with Gasteiger partial charge in [-0.2, -0.15) is 0 Å². The zero-order valence-electron chi connectivity index (χ0n) is 12.4. The van der Waals surface area contributed by atoms with E-state index in [1.165, 1.54) is 52.0 Å². The second kappa shape index (κ2) is 5.89. The lowest BCUT2D eigenvalue weighted by molar-refractivity contribution is 0.0245. The minimum atomic E-state index is -0.105. The van der Waals surface area contributed by atoms with Crippen LogP contribution in [0.1, 0.15) is 40.0 Å². The molecule has 2 atom stereocenters. The number of aliphatic hydroxyl groups is 1. The quantitative estimate of drug-likeness (QED) is 0.829. The van der Waals surface area contributed by atoms with Crippen LogP contribution in [0.25, 0.3) is 0 Å². The number of aliphatic hydroxyl groups excluding tert-OH is 1. The van der Waals surface area contributed by atoms with E-state index in [0.29, 0.717) is 5.92 Å². The van der Waals surface area contributed by atoms with E-state index < -0.39 is 0 Å². The molecule has 18 heavy (non-hydrogen) atoms. The third-order valence-corrected chi connectivity index (χ3v) is 4.90. The van der Waals surface area contributed by atoms with Gasteiger partial charge in [0.15, 0.2) is 0 Å². The normalized spacial score (nSPS) is 34.0. The molecule has 2 fully saturated rings. The van der Waals surface area contributed by atoms with Gasteiger partial charge in [-0.1, -0.05) is 20.8 Å². The van der Waals surface area contributed by atoms with Gasteiger partial charge >= 0.3 is 0 Å². The Morgan fingerprint density at radius 3 is 2.22 bits per heavy atom. The van der Waals surface area contributed by atoms with Crippen molar-refractivity contribution in [2.75, 3.05) is 39.3 Å². The van der Waals surface area contributed by atoms with E-state index in [9.17, 15) is 5.11 Å². The maximum atomic E-state index is 10.3. The molecule has 3 nitrogen and oxygen atoms in total. The Bertz CT molecular complexity index is 259. The second-order valence-electron chi connectivity index (χ2n) is 6.87. The van der Waals surface area contributed by atoms with Crippen molar-refractivity contribution in [3.63, 3.8) is 0 Å². The van der Waals surface area contributed by atoms with E-state index in [2.05, 4.69) is 30.6 Å². The molecular formula is C15H30N2O. The lowest BCUT2D eigenvalue weighted by Gasteiger charge is -2.37. The van der Waals surface area contributed by atoms with Crippen molar-refractivity contribution in [1.82, 2.24) is 9.80 Å². The minimum absolute atomic E-state index is 0.105. The first kappa shape index (κ1) is 14.3. The summed E-state index contributed by atoms with van der Waals surface area (Å²) in [7, 11) is 0. The van der Waals surface area contributed by atoms with Crippen LogP contribution in [0.5, 0.6) is 0 Å². The van der Waals surface area contributed by atoms with Gasteiger partial charge in [-0.15, -0.1) is 0 Å². The molecule has 0 amide bonds. The van der Waals surface area contributed by atoms with Crippen LogP contribution in [0.2, 0.25) is 0 Å². The molecule has 2 rings (SSSR count). The molecular weight excluding hydrogens is 224 g/mol. The van der Waals surface area contributed by atoms with E-state index in [-0.39, 0.29) is 11.5 Å². The lowest BCUT2D eigenvalue weighted by atomic mass is 9.87. The summed E-state index contributed by atoms with van der Waals surface area (Å²) in [6, 6.07) is 0. The van der Waals surface area contributed by atoms with Crippen molar-refractivity contribution in [3.8, 4) is 0 Å². The highest BCUT2D eigenvalue weighted by molar-refractivity contribution is 4.92. The fraction of sp³-hybridized carbons (Fsp3) is 1.00. The summed E-state index contributed by atoms with van der Waals surface area (Å²) >= 11 is 0. The average Bonchev–Trinajstić information content (AvgIpc) is 2.59. The van der Waals surface area contributed by atoms with Gasteiger partial charge in [0.25, 0.3) is 0 Å². The average molecular weight is 254 g/mol. The highest BCUT2D eigenvalue weighted by atomic mass is 16.3. The molecule has 1 heterocycles. The van der Waals surface area contributed by atoms with Crippen molar-refractivity contribution in [3.05, 3.63) is 0 Å². The SMILES string of the molecule is CCCN1CCN(CC2CCC(C)(C)C2O)CC1. The molecule has 2 aliphatic rings. The van der Waals surface area contributed by atoms with Crippen LogP contribution in [0.4, 0.5) is 0 Å². The van der Waals surface area contributed by atoms with E-state index in [1.807, 2.05) is 0 Å². The largest absolute Gasteiger partial charge is 0.392 e. The van der Waals surface area contributed by atoms with Gasteiger partial charge in [0, 0.05) is 32.7 Å². The van der Waals surface area contributed by atoms with Gasteiger partial charge in [-0.25, -0.2) is 0 Å². The molecule has 0 bridgehead atoms. The van der Waals surface area contributed by atoms with Crippen LogP contribution in [0.15, 0.2) is 0 Å². The van der Waals surface area contributed by atoms with Gasteiger partial charge in [-0.05, 0) is 37.1 Å². The first-order chi connectivity index (χ1) is 8.53. The lowest BCUT2D eigenvalue weighted by Crippen LogP contribution is -2.48. The first-order valence-corrected chi connectivity index (χ1v) is 7.65. The molecule has 1 aliphatic carbocycles.